The van der Waals surface area contributed by atoms with Crippen LogP contribution < -0.4 is 10.1 Å². The van der Waals surface area contributed by atoms with Gasteiger partial charge in [0.15, 0.2) is 0 Å². The topological polar surface area (TPSA) is 47.3 Å². The van der Waals surface area contributed by atoms with Crippen molar-refractivity contribution in [3.63, 3.8) is 0 Å². The van der Waals surface area contributed by atoms with Crippen LogP contribution in [0.3, 0.4) is 0 Å². The maximum atomic E-state index is 5.83. The molecule has 0 spiro atoms. The molecule has 0 radical (unpaired) electrons. The molecule has 3 rings (SSSR count). The fourth-order valence-corrected chi connectivity index (χ4v) is 1.92. The Kier molecular flexibility index (Phi) is 3.71. The number of rotatable bonds is 6. The summed E-state index contributed by atoms with van der Waals surface area (Å²) in [6.45, 7) is 1.16. The number of aromatic nitrogens is 1. The molecule has 1 N–H and O–H groups in total. The zero-order valence-electron chi connectivity index (χ0n) is 10.4. The summed E-state index contributed by atoms with van der Waals surface area (Å²) in [7, 11) is 0. The maximum Gasteiger partial charge on any atom is 0.146 e. The Morgan fingerprint density at radius 1 is 1.32 bits per heavy atom. The van der Waals surface area contributed by atoms with Gasteiger partial charge in [0.2, 0.25) is 0 Å². The van der Waals surface area contributed by atoms with E-state index in [2.05, 4.69) is 10.3 Å². The molecule has 0 aliphatic heterocycles. The van der Waals surface area contributed by atoms with Crippen LogP contribution in [0.25, 0.3) is 0 Å². The van der Waals surface area contributed by atoms with Crippen LogP contribution >= 0.6 is 11.6 Å². The first kappa shape index (κ1) is 12.5. The van der Waals surface area contributed by atoms with Crippen molar-refractivity contribution in [3.05, 3.63) is 47.1 Å². The maximum absolute atomic E-state index is 5.83. The molecule has 1 aliphatic carbocycles. The lowest BCUT2D eigenvalue weighted by atomic mass is 10.4. The molecule has 1 aliphatic rings. The lowest BCUT2D eigenvalue weighted by Crippen LogP contribution is -2.14. The van der Waals surface area contributed by atoms with Gasteiger partial charge in [0, 0.05) is 18.3 Å². The molecular weight excluding hydrogens is 264 g/mol. The number of halogens is 1. The smallest absolute Gasteiger partial charge is 0.146 e. The number of hydrogen-bond acceptors (Lipinski definition) is 4. The highest BCUT2D eigenvalue weighted by atomic mass is 35.5. The number of furan rings is 1. The van der Waals surface area contributed by atoms with E-state index in [0.29, 0.717) is 23.4 Å². The van der Waals surface area contributed by atoms with Gasteiger partial charge in [0.25, 0.3) is 0 Å². The van der Waals surface area contributed by atoms with E-state index in [9.17, 15) is 0 Å². The molecule has 5 heteroatoms. The van der Waals surface area contributed by atoms with Crippen LogP contribution in [0.2, 0.25) is 5.02 Å². The summed E-state index contributed by atoms with van der Waals surface area (Å²) in [6, 6.07) is 6.32. The van der Waals surface area contributed by atoms with Crippen LogP contribution in [0.15, 0.2) is 35.0 Å². The minimum Gasteiger partial charge on any atom is -0.484 e. The minimum atomic E-state index is 0.380. The fraction of sp³-hybridized carbons (Fsp3) is 0.357. The Labute approximate surface area is 116 Å². The van der Waals surface area contributed by atoms with Crippen LogP contribution in [0.5, 0.6) is 5.75 Å². The Balaban J connectivity index is 1.51. The van der Waals surface area contributed by atoms with E-state index in [4.69, 9.17) is 20.8 Å². The molecule has 0 unspecified atom stereocenters. The zero-order chi connectivity index (χ0) is 13.1. The van der Waals surface area contributed by atoms with E-state index in [1.807, 2.05) is 12.1 Å². The van der Waals surface area contributed by atoms with E-state index in [-0.39, 0.29) is 0 Å². The highest BCUT2D eigenvalue weighted by Crippen LogP contribution is 2.20. The van der Waals surface area contributed by atoms with Crippen LogP contribution in [-0.2, 0) is 13.2 Å². The molecular formula is C14H15ClN2O2. The molecule has 0 saturated heterocycles. The molecule has 1 saturated carbocycles. The van der Waals surface area contributed by atoms with Crippen molar-refractivity contribution in [3.8, 4) is 5.75 Å². The van der Waals surface area contributed by atoms with Crippen molar-refractivity contribution in [2.24, 2.45) is 0 Å². The number of pyridine rings is 1. The predicted molar refractivity (Wildman–Crippen MR) is 72.1 cm³/mol. The van der Waals surface area contributed by atoms with Crippen molar-refractivity contribution in [1.29, 1.82) is 0 Å². The quantitative estimate of drug-likeness (QED) is 0.882. The molecule has 0 atom stereocenters. The van der Waals surface area contributed by atoms with Crippen molar-refractivity contribution < 1.29 is 9.15 Å². The third-order valence-electron chi connectivity index (χ3n) is 2.92. The first-order chi connectivity index (χ1) is 9.29. The lowest BCUT2D eigenvalue weighted by Gasteiger charge is -2.03. The Morgan fingerprint density at radius 2 is 2.16 bits per heavy atom. The fourth-order valence-electron chi connectivity index (χ4n) is 1.75. The molecule has 2 aromatic heterocycles. The van der Waals surface area contributed by atoms with Gasteiger partial charge >= 0.3 is 0 Å². The second-order valence-corrected chi connectivity index (χ2v) is 5.09. The van der Waals surface area contributed by atoms with Gasteiger partial charge in [0.1, 0.15) is 23.9 Å². The average Bonchev–Trinajstić information content (AvgIpc) is 3.13. The summed E-state index contributed by atoms with van der Waals surface area (Å²) in [5.41, 5.74) is 0. The summed E-state index contributed by atoms with van der Waals surface area (Å²) in [5.74, 6) is 2.38. The SMILES string of the molecule is Clc1cncc(OCc2ccc(CNC3CC3)o2)c1. The van der Waals surface area contributed by atoms with Gasteiger partial charge in [-0.2, -0.15) is 0 Å². The molecule has 1 fully saturated rings. The van der Waals surface area contributed by atoms with Gasteiger partial charge in [0.05, 0.1) is 17.8 Å². The molecule has 0 bridgehead atoms. The highest BCUT2D eigenvalue weighted by Gasteiger charge is 2.20. The highest BCUT2D eigenvalue weighted by molar-refractivity contribution is 6.30. The third-order valence-corrected chi connectivity index (χ3v) is 3.13. The Hall–Kier alpha value is -1.52. The van der Waals surface area contributed by atoms with Gasteiger partial charge in [-0.3, -0.25) is 4.98 Å². The molecule has 2 heterocycles. The summed E-state index contributed by atoms with van der Waals surface area (Å²) < 4.78 is 11.2. The average molecular weight is 279 g/mol. The van der Waals surface area contributed by atoms with Gasteiger partial charge in [-0.25, -0.2) is 0 Å². The third kappa shape index (κ3) is 3.72. The second-order valence-electron chi connectivity index (χ2n) is 4.65. The van der Waals surface area contributed by atoms with E-state index < -0.39 is 0 Å². The molecule has 4 nitrogen and oxygen atoms in total. The molecule has 0 amide bonds. The van der Waals surface area contributed by atoms with Gasteiger partial charge in [-0.15, -0.1) is 0 Å². The summed E-state index contributed by atoms with van der Waals surface area (Å²) >= 11 is 5.83. The normalized spacial score (nSPS) is 14.6. The predicted octanol–water partition coefficient (Wildman–Crippen LogP) is 3.16. The van der Waals surface area contributed by atoms with Gasteiger partial charge in [-0.05, 0) is 25.0 Å². The first-order valence-corrected chi connectivity index (χ1v) is 6.72. The molecule has 100 valence electrons. The number of hydrogen-bond donors (Lipinski definition) is 1. The van der Waals surface area contributed by atoms with Crippen LogP contribution in [0.4, 0.5) is 0 Å². The Morgan fingerprint density at radius 3 is 2.95 bits per heavy atom. The number of ether oxygens (including phenoxy) is 1. The van der Waals surface area contributed by atoms with Crippen molar-refractivity contribution >= 4 is 11.6 Å². The van der Waals surface area contributed by atoms with E-state index in [1.165, 1.54) is 12.8 Å². The zero-order valence-corrected chi connectivity index (χ0v) is 11.2. The number of nitrogens with one attached hydrogen (secondary N) is 1. The van der Waals surface area contributed by atoms with E-state index in [0.717, 1.165) is 18.1 Å². The lowest BCUT2D eigenvalue weighted by molar-refractivity contribution is 0.264. The molecule has 19 heavy (non-hydrogen) atoms. The van der Waals surface area contributed by atoms with Gasteiger partial charge in [-0.1, -0.05) is 11.6 Å². The first-order valence-electron chi connectivity index (χ1n) is 6.34. The van der Waals surface area contributed by atoms with Crippen LogP contribution in [0.1, 0.15) is 24.4 Å². The monoisotopic (exact) mass is 278 g/mol. The minimum absolute atomic E-state index is 0.380. The molecule has 0 aromatic carbocycles. The van der Waals surface area contributed by atoms with Crippen LogP contribution in [0, 0.1) is 0 Å². The number of nitrogens with zero attached hydrogens (tertiary/aromatic N) is 1. The van der Waals surface area contributed by atoms with Crippen molar-refractivity contribution in [1.82, 2.24) is 10.3 Å². The Bertz CT molecular complexity index is 552. The second kappa shape index (κ2) is 5.63. The van der Waals surface area contributed by atoms with Crippen molar-refractivity contribution in [2.75, 3.05) is 0 Å². The van der Waals surface area contributed by atoms with Gasteiger partial charge < -0.3 is 14.5 Å². The summed E-state index contributed by atoms with van der Waals surface area (Å²) in [4.78, 5) is 3.96. The largest absolute Gasteiger partial charge is 0.484 e. The van der Waals surface area contributed by atoms with Crippen LogP contribution in [-0.4, -0.2) is 11.0 Å². The summed E-state index contributed by atoms with van der Waals surface area (Å²) in [5, 5.41) is 3.97. The molecule has 2 aromatic rings. The summed E-state index contributed by atoms with van der Waals surface area (Å²) in [6.07, 6.45) is 5.75. The standard InChI is InChI=1S/C14H15ClN2O2/c15-10-5-14(7-16-6-10)18-9-13-4-3-12(19-13)8-17-11-1-2-11/h3-7,11,17H,1-2,8-9H2. The van der Waals surface area contributed by atoms with E-state index in [1.54, 1.807) is 18.5 Å². The van der Waals surface area contributed by atoms with Crippen molar-refractivity contribution in [2.45, 2.75) is 32.0 Å². The van der Waals surface area contributed by atoms with E-state index >= 15 is 0 Å².